The molecule has 4 aliphatic heterocycles. The molecule has 66 heavy (non-hydrogen) atoms. The minimum atomic E-state index is -0.650. The number of benzene rings is 3. The van der Waals surface area contributed by atoms with Gasteiger partial charge in [-0.05, 0) is 99.7 Å². The number of ether oxygens (including phenoxy) is 3. The summed E-state index contributed by atoms with van der Waals surface area (Å²) in [5.41, 5.74) is 4.82. The van der Waals surface area contributed by atoms with Crippen LogP contribution in [-0.2, 0) is 20.9 Å². The van der Waals surface area contributed by atoms with E-state index in [1.165, 1.54) is 30.6 Å². The zero-order valence-electron chi connectivity index (χ0n) is 38.1. The minimum Gasteiger partial charge on any atom is -0.489 e. The number of aromatic nitrogens is 1. The van der Waals surface area contributed by atoms with E-state index < -0.39 is 5.79 Å². The molecular weight excluding hydrogens is 894 g/mol. The van der Waals surface area contributed by atoms with Crippen molar-refractivity contribution in [1.29, 1.82) is 0 Å². The van der Waals surface area contributed by atoms with Crippen LogP contribution < -0.4 is 19.5 Å². The van der Waals surface area contributed by atoms with Crippen LogP contribution in [0.5, 0.6) is 17.2 Å². The van der Waals surface area contributed by atoms with E-state index in [0.717, 1.165) is 112 Å². The number of thiophene rings is 1. The molecule has 6 heterocycles. The molecule has 11 nitrogen and oxygen atoms in total. The predicted octanol–water partition coefficient (Wildman–Crippen LogP) is 11.7. The highest BCUT2D eigenvalue weighted by Crippen LogP contribution is 2.46. The molecule has 3 fully saturated rings. The molecule has 3 aromatic carbocycles. The Labute approximate surface area is 402 Å². The fourth-order valence-electron chi connectivity index (χ4n) is 9.25. The van der Waals surface area contributed by atoms with Gasteiger partial charge >= 0.3 is 0 Å². The van der Waals surface area contributed by atoms with E-state index >= 15 is 0 Å². The second kappa shape index (κ2) is 22.3. The third-order valence-electron chi connectivity index (χ3n) is 12.9. The lowest BCUT2D eigenvalue weighted by Gasteiger charge is -2.37. The molecule has 3 saturated heterocycles. The Hall–Kier alpha value is -4.88. The molecule has 350 valence electrons. The number of hydrogen-bond acceptors (Lipinski definition) is 10. The van der Waals surface area contributed by atoms with E-state index in [1.54, 1.807) is 17.5 Å². The molecular formula is C52H61Cl2N5O6S. The lowest BCUT2D eigenvalue weighted by atomic mass is 10.0. The lowest BCUT2D eigenvalue weighted by molar-refractivity contribution is -0.146. The predicted molar refractivity (Wildman–Crippen MR) is 264 cm³/mol. The van der Waals surface area contributed by atoms with Gasteiger partial charge in [-0.25, -0.2) is 0 Å². The maximum Gasteiger partial charge on any atom is 0.255 e. The monoisotopic (exact) mass is 953 g/mol. The van der Waals surface area contributed by atoms with Crippen LogP contribution in [0.25, 0.3) is 21.3 Å². The average Bonchev–Trinajstić information content (AvgIpc) is 4.00. The number of imide groups is 1. The highest BCUT2D eigenvalue weighted by atomic mass is 35.5. The quantitative estimate of drug-likeness (QED) is 0.0763. The fraction of sp³-hybridized carbons (Fsp3) is 0.462. The number of carbonyl (C=O) groups is 3. The van der Waals surface area contributed by atoms with Crippen LogP contribution >= 0.6 is 34.5 Å². The SMILES string of the molecule is CCCC(=O)N1CCC2(CC1)Oc1ccc(NCCCCCCCN3CCC(Oc4c(C)cc(Cl)cc4-c4ccnc5cc(CN6C(=O)CCC6=O)sc45)CC3)cc1O2.Clc1ccccc1. The number of carbonyl (C=O) groups excluding carboxylic acids is 3. The van der Waals surface area contributed by atoms with Crippen molar-refractivity contribution in [2.75, 3.05) is 44.6 Å². The van der Waals surface area contributed by atoms with E-state index in [4.69, 9.17) is 37.4 Å². The topological polar surface area (TPSA) is 114 Å². The standard InChI is InChI=1S/C46H56ClN5O6S.C6H5Cl/c1-3-9-41(53)51-24-17-46(18-25-51)57-39-11-10-33(28-40(39)58-46)48-19-7-5-4-6-8-21-50-22-15-34(16-23-50)56-44-31(2)26-32(47)27-37(44)36-14-20-49-38-29-35(59-45(36)38)30-52-42(54)12-13-43(52)55;7-6-4-2-1-3-5-6/h10-11,14,20,26-29,34,48H,3-9,12-13,15-19,21-25,30H2,1-2H3;1-5H. The van der Waals surface area contributed by atoms with Gasteiger partial charge in [-0.3, -0.25) is 24.3 Å². The summed E-state index contributed by atoms with van der Waals surface area (Å²) in [5, 5.41) is 5.01. The number of fused-ring (bicyclic) bond motifs is 2. The molecule has 1 N–H and O–H groups in total. The molecule has 3 amide bonds. The molecule has 0 saturated carbocycles. The van der Waals surface area contributed by atoms with Crippen LogP contribution in [0.2, 0.25) is 10.0 Å². The number of anilines is 1. The molecule has 9 rings (SSSR count). The summed E-state index contributed by atoms with van der Waals surface area (Å²) in [7, 11) is 0. The van der Waals surface area contributed by atoms with Gasteiger partial charge in [0.2, 0.25) is 17.7 Å². The van der Waals surface area contributed by atoms with Crippen LogP contribution in [0, 0.1) is 6.92 Å². The molecule has 4 aliphatic rings. The highest BCUT2D eigenvalue weighted by molar-refractivity contribution is 7.19. The summed E-state index contributed by atoms with van der Waals surface area (Å²) >= 11 is 13.7. The van der Waals surface area contributed by atoms with Crippen molar-refractivity contribution in [3.05, 3.63) is 99.5 Å². The third kappa shape index (κ3) is 12.0. The fourth-order valence-corrected chi connectivity index (χ4v) is 10.8. The van der Waals surface area contributed by atoms with Gasteiger partial charge in [-0.15, -0.1) is 11.3 Å². The normalized spacial score (nSPS) is 17.1. The number of rotatable bonds is 16. The smallest absolute Gasteiger partial charge is 0.255 e. The Morgan fingerprint density at radius 2 is 1.58 bits per heavy atom. The van der Waals surface area contributed by atoms with Gasteiger partial charge in [-0.1, -0.05) is 67.6 Å². The Morgan fingerprint density at radius 1 is 0.848 bits per heavy atom. The minimum absolute atomic E-state index is 0.114. The second-order valence-corrected chi connectivity index (χ2v) is 19.8. The van der Waals surface area contributed by atoms with Gasteiger partial charge in [0, 0.05) is 109 Å². The summed E-state index contributed by atoms with van der Waals surface area (Å²) in [5.74, 6) is 1.78. The Balaban J connectivity index is 0.000000774. The molecule has 2 aromatic heterocycles. The van der Waals surface area contributed by atoms with Crippen molar-refractivity contribution in [2.45, 2.75) is 116 Å². The van der Waals surface area contributed by atoms with Crippen LogP contribution in [0.1, 0.15) is 101 Å². The molecule has 0 unspecified atom stereocenters. The maximum absolute atomic E-state index is 12.3. The number of nitrogens with zero attached hydrogens (tertiary/aromatic N) is 4. The number of aryl methyl sites for hydroxylation is 1. The molecule has 0 bridgehead atoms. The average molecular weight is 955 g/mol. The number of piperidine rings is 2. The number of likely N-dealkylation sites (tertiary alicyclic amines) is 3. The van der Waals surface area contributed by atoms with Crippen LogP contribution in [0.15, 0.2) is 79.0 Å². The van der Waals surface area contributed by atoms with Crippen LogP contribution in [0.4, 0.5) is 5.69 Å². The Morgan fingerprint density at radius 3 is 2.30 bits per heavy atom. The van der Waals surface area contributed by atoms with Crippen molar-refractivity contribution in [2.24, 2.45) is 0 Å². The zero-order valence-corrected chi connectivity index (χ0v) is 40.5. The first-order valence-corrected chi connectivity index (χ1v) is 25.3. The van der Waals surface area contributed by atoms with E-state index in [1.807, 2.05) is 78.6 Å². The Bertz CT molecular complexity index is 2450. The number of nitrogens with one attached hydrogen (secondary N) is 1. The van der Waals surface area contributed by atoms with Gasteiger partial charge in [0.15, 0.2) is 11.5 Å². The molecule has 14 heteroatoms. The first-order valence-electron chi connectivity index (χ1n) is 23.7. The summed E-state index contributed by atoms with van der Waals surface area (Å²) in [6.07, 6.45) is 13.2. The second-order valence-electron chi connectivity index (χ2n) is 17.8. The van der Waals surface area contributed by atoms with E-state index in [-0.39, 0.29) is 43.2 Å². The Kier molecular flexibility index (Phi) is 16.1. The number of amides is 3. The first-order chi connectivity index (χ1) is 32.1. The van der Waals surface area contributed by atoms with Crippen molar-refractivity contribution >= 4 is 68.2 Å². The van der Waals surface area contributed by atoms with Gasteiger partial charge < -0.3 is 29.3 Å². The van der Waals surface area contributed by atoms with Crippen molar-refractivity contribution in [3.8, 4) is 28.4 Å². The van der Waals surface area contributed by atoms with Crippen molar-refractivity contribution < 1.29 is 28.6 Å². The summed E-state index contributed by atoms with van der Waals surface area (Å²) in [4.78, 5) is 48.3. The molecule has 0 aliphatic carbocycles. The van der Waals surface area contributed by atoms with Crippen molar-refractivity contribution in [3.63, 3.8) is 0 Å². The number of pyridine rings is 1. The molecule has 0 atom stereocenters. The lowest BCUT2D eigenvalue weighted by Crippen LogP contribution is -2.51. The zero-order chi connectivity index (χ0) is 46.0. The van der Waals surface area contributed by atoms with Gasteiger partial charge in [0.05, 0.1) is 16.8 Å². The van der Waals surface area contributed by atoms with E-state index in [0.29, 0.717) is 37.4 Å². The highest BCUT2D eigenvalue weighted by Gasteiger charge is 2.45. The maximum atomic E-state index is 12.3. The number of hydrogen-bond donors (Lipinski definition) is 1. The van der Waals surface area contributed by atoms with Gasteiger partial charge in [-0.2, -0.15) is 0 Å². The van der Waals surface area contributed by atoms with Gasteiger partial charge in [0.25, 0.3) is 5.79 Å². The molecule has 5 aromatic rings. The third-order valence-corrected chi connectivity index (χ3v) is 14.5. The summed E-state index contributed by atoms with van der Waals surface area (Å²) in [6, 6.07) is 23.5. The van der Waals surface area contributed by atoms with Gasteiger partial charge in [0.1, 0.15) is 11.9 Å². The van der Waals surface area contributed by atoms with E-state index in [9.17, 15) is 14.4 Å². The number of unbranched alkanes of at least 4 members (excludes halogenated alkanes) is 4. The largest absolute Gasteiger partial charge is 0.489 e. The number of halogens is 2. The van der Waals surface area contributed by atoms with E-state index in [2.05, 4.69) is 28.2 Å². The van der Waals surface area contributed by atoms with Crippen LogP contribution in [-0.4, -0.2) is 88.6 Å². The summed E-state index contributed by atoms with van der Waals surface area (Å²) < 4.78 is 20.4. The molecule has 0 radical (unpaired) electrons. The molecule has 1 spiro atoms. The van der Waals surface area contributed by atoms with Crippen molar-refractivity contribution in [1.82, 2.24) is 19.7 Å². The first kappa shape index (κ1) is 47.6. The summed E-state index contributed by atoms with van der Waals surface area (Å²) in [6.45, 7) is 9.79. The van der Waals surface area contributed by atoms with Crippen LogP contribution in [0.3, 0.4) is 0 Å².